The summed E-state index contributed by atoms with van der Waals surface area (Å²) in [5.74, 6) is 0.709. The van der Waals surface area contributed by atoms with E-state index in [0.717, 1.165) is 37.2 Å². The van der Waals surface area contributed by atoms with Crippen molar-refractivity contribution in [2.45, 2.75) is 19.1 Å². The molecule has 98 valence electrons. The molecule has 1 aromatic rings. The maximum Gasteiger partial charge on any atom is 0.416 e. The summed E-state index contributed by atoms with van der Waals surface area (Å²) in [6.45, 7) is 2.12. The fourth-order valence-electron chi connectivity index (χ4n) is 1.65. The van der Waals surface area contributed by atoms with Crippen molar-refractivity contribution < 1.29 is 13.2 Å². The number of hydrogen-bond donors (Lipinski definition) is 2. The fraction of sp³-hybridized carbons (Fsp3) is 0.417. The summed E-state index contributed by atoms with van der Waals surface area (Å²) in [5, 5.41) is 6.14. The van der Waals surface area contributed by atoms with E-state index in [1.165, 1.54) is 12.1 Å². The molecule has 0 fully saturated rings. The standard InChI is InChI=1S/C12H14F3N3/c13-12(14,15)10-4-2-9(3-5-10)8-18-11-16-6-1-7-17-11/h2-5H,1,6-8H2,(H2,16,17,18). The van der Waals surface area contributed by atoms with Gasteiger partial charge in [0, 0.05) is 19.6 Å². The quantitative estimate of drug-likeness (QED) is 0.851. The molecule has 0 saturated carbocycles. The third-order valence-corrected chi connectivity index (χ3v) is 2.64. The number of nitrogens with zero attached hydrogens (tertiary/aromatic N) is 1. The number of guanidine groups is 1. The molecule has 0 spiro atoms. The summed E-state index contributed by atoms with van der Waals surface area (Å²) >= 11 is 0. The van der Waals surface area contributed by atoms with Gasteiger partial charge in [-0.05, 0) is 24.1 Å². The van der Waals surface area contributed by atoms with Crippen LogP contribution in [0.1, 0.15) is 17.5 Å². The number of halogens is 3. The minimum absolute atomic E-state index is 0.462. The van der Waals surface area contributed by atoms with Gasteiger partial charge in [-0.2, -0.15) is 13.2 Å². The topological polar surface area (TPSA) is 36.4 Å². The number of rotatable bonds is 2. The Morgan fingerprint density at radius 2 is 1.94 bits per heavy atom. The van der Waals surface area contributed by atoms with Crippen LogP contribution >= 0.6 is 0 Å². The second-order valence-corrected chi connectivity index (χ2v) is 4.06. The maximum atomic E-state index is 12.4. The molecule has 0 bridgehead atoms. The fourth-order valence-corrected chi connectivity index (χ4v) is 1.65. The Bertz CT molecular complexity index is 423. The second kappa shape index (κ2) is 5.29. The summed E-state index contributed by atoms with van der Waals surface area (Å²) in [7, 11) is 0. The van der Waals surface area contributed by atoms with Crippen LogP contribution in [0.5, 0.6) is 0 Å². The van der Waals surface area contributed by atoms with Gasteiger partial charge < -0.3 is 10.6 Å². The average molecular weight is 257 g/mol. The number of alkyl halides is 3. The summed E-state index contributed by atoms with van der Waals surface area (Å²) in [5.41, 5.74) is 0.164. The Hall–Kier alpha value is -1.72. The number of nitrogens with one attached hydrogen (secondary N) is 2. The molecule has 0 aliphatic carbocycles. The first-order valence-corrected chi connectivity index (χ1v) is 5.74. The lowest BCUT2D eigenvalue weighted by atomic mass is 10.1. The molecule has 0 unspecified atom stereocenters. The first-order chi connectivity index (χ1) is 8.55. The molecule has 2 N–H and O–H groups in total. The smallest absolute Gasteiger partial charge is 0.356 e. The molecule has 1 aliphatic heterocycles. The molecule has 0 amide bonds. The van der Waals surface area contributed by atoms with Gasteiger partial charge in [0.15, 0.2) is 5.96 Å². The van der Waals surface area contributed by atoms with E-state index in [1.54, 1.807) is 0 Å². The Labute approximate surface area is 103 Å². The summed E-state index contributed by atoms with van der Waals surface area (Å²) < 4.78 is 37.1. The van der Waals surface area contributed by atoms with Crippen molar-refractivity contribution in [3.05, 3.63) is 35.4 Å². The van der Waals surface area contributed by atoms with Crippen molar-refractivity contribution in [3.8, 4) is 0 Å². The van der Waals surface area contributed by atoms with Crippen LogP contribution in [0.3, 0.4) is 0 Å². The molecule has 0 atom stereocenters. The van der Waals surface area contributed by atoms with Gasteiger partial charge in [-0.25, -0.2) is 0 Å². The van der Waals surface area contributed by atoms with E-state index in [0.29, 0.717) is 12.5 Å². The van der Waals surface area contributed by atoms with Crippen molar-refractivity contribution in [1.29, 1.82) is 0 Å². The highest BCUT2D eigenvalue weighted by atomic mass is 19.4. The normalized spacial score (nSPS) is 15.8. The molecule has 0 saturated heterocycles. The van der Waals surface area contributed by atoms with Crippen molar-refractivity contribution >= 4 is 5.96 Å². The van der Waals surface area contributed by atoms with E-state index < -0.39 is 11.7 Å². The number of benzene rings is 1. The molecule has 1 aromatic carbocycles. The van der Waals surface area contributed by atoms with Gasteiger partial charge in [-0.1, -0.05) is 12.1 Å². The average Bonchev–Trinajstić information content (AvgIpc) is 2.37. The van der Waals surface area contributed by atoms with Crippen molar-refractivity contribution in [1.82, 2.24) is 10.6 Å². The summed E-state index contributed by atoms with van der Waals surface area (Å²) in [6, 6.07) is 5.12. The first-order valence-electron chi connectivity index (χ1n) is 5.74. The number of aliphatic imine (C=N–C) groups is 1. The lowest BCUT2D eigenvalue weighted by molar-refractivity contribution is -0.137. The minimum Gasteiger partial charge on any atom is -0.356 e. The van der Waals surface area contributed by atoms with E-state index in [1.807, 2.05) is 0 Å². The van der Waals surface area contributed by atoms with E-state index in [2.05, 4.69) is 15.6 Å². The third kappa shape index (κ3) is 3.38. The van der Waals surface area contributed by atoms with Crippen LogP contribution in [0.15, 0.2) is 29.3 Å². The van der Waals surface area contributed by atoms with Crippen LogP contribution in [0.25, 0.3) is 0 Å². The highest BCUT2D eigenvalue weighted by Crippen LogP contribution is 2.28. The molecule has 3 nitrogen and oxygen atoms in total. The SMILES string of the molecule is FC(F)(F)c1ccc(CNC2=NCCCN2)cc1. The molecular formula is C12H14F3N3. The maximum absolute atomic E-state index is 12.4. The van der Waals surface area contributed by atoms with Crippen molar-refractivity contribution in [2.75, 3.05) is 13.1 Å². The Morgan fingerprint density at radius 3 is 2.50 bits per heavy atom. The molecule has 0 aromatic heterocycles. The monoisotopic (exact) mass is 257 g/mol. The lowest BCUT2D eigenvalue weighted by Gasteiger charge is -2.16. The minimum atomic E-state index is -4.28. The van der Waals surface area contributed by atoms with Gasteiger partial charge in [0.2, 0.25) is 0 Å². The van der Waals surface area contributed by atoms with Crippen LogP contribution in [0.4, 0.5) is 13.2 Å². The Kier molecular flexibility index (Phi) is 3.74. The summed E-state index contributed by atoms with van der Waals surface area (Å²) in [6.07, 6.45) is -3.27. The molecule has 0 radical (unpaired) electrons. The largest absolute Gasteiger partial charge is 0.416 e. The Balaban J connectivity index is 1.92. The third-order valence-electron chi connectivity index (χ3n) is 2.64. The van der Waals surface area contributed by atoms with Crippen LogP contribution in [0.2, 0.25) is 0 Å². The zero-order valence-electron chi connectivity index (χ0n) is 9.72. The van der Waals surface area contributed by atoms with Crippen molar-refractivity contribution in [2.24, 2.45) is 4.99 Å². The summed E-state index contributed by atoms with van der Waals surface area (Å²) in [4.78, 5) is 4.22. The van der Waals surface area contributed by atoms with Crippen LogP contribution in [-0.4, -0.2) is 19.0 Å². The van der Waals surface area contributed by atoms with E-state index in [9.17, 15) is 13.2 Å². The van der Waals surface area contributed by atoms with Gasteiger partial charge >= 0.3 is 6.18 Å². The number of hydrogen-bond acceptors (Lipinski definition) is 3. The van der Waals surface area contributed by atoms with Gasteiger partial charge in [-0.15, -0.1) is 0 Å². The molecule has 18 heavy (non-hydrogen) atoms. The second-order valence-electron chi connectivity index (χ2n) is 4.06. The molecule has 6 heteroatoms. The molecule has 1 aliphatic rings. The van der Waals surface area contributed by atoms with Gasteiger partial charge in [0.25, 0.3) is 0 Å². The first kappa shape index (κ1) is 12.7. The molecular weight excluding hydrogens is 243 g/mol. The van der Waals surface area contributed by atoms with E-state index in [-0.39, 0.29) is 0 Å². The van der Waals surface area contributed by atoms with Crippen LogP contribution in [-0.2, 0) is 12.7 Å². The van der Waals surface area contributed by atoms with Crippen LogP contribution < -0.4 is 10.6 Å². The van der Waals surface area contributed by atoms with Gasteiger partial charge in [0.05, 0.1) is 5.56 Å². The van der Waals surface area contributed by atoms with E-state index in [4.69, 9.17) is 0 Å². The van der Waals surface area contributed by atoms with Crippen molar-refractivity contribution in [3.63, 3.8) is 0 Å². The Morgan fingerprint density at radius 1 is 1.22 bits per heavy atom. The highest BCUT2D eigenvalue weighted by molar-refractivity contribution is 5.80. The van der Waals surface area contributed by atoms with E-state index >= 15 is 0 Å². The van der Waals surface area contributed by atoms with Gasteiger partial charge in [-0.3, -0.25) is 4.99 Å². The predicted molar refractivity (Wildman–Crippen MR) is 63.2 cm³/mol. The lowest BCUT2D eigenvalue weighted by Crippen LogP contribution is -2.40. The molecule has 2 rings (SSSR count). The highest BCUT2D eigenvalue weighted by Gasteiger charge is 2.29. The van der Waals surface area contributed by atoms with Gasteiger partial charge in [0.1, 0.15) is 0 Å². The predicted octanol–water partition coefficient (Wildman–Crippen LogP) is 2.14. The molecule has 1 heterocycles. The van der Waals surface area contributed by atoms with Crippen LogP contribution in [0, 0.1) is 0 Å². The zero-order chi connectivity index (χ0) is 13.0. The zero-order valence-corrected chi connectivity index (χ0v) is 9.72.